The standard InChI is InChI=1S/C10H16O/c1-10(2)8-6-4-3-5-7-9-11/h3,5,8-9H,4,6-7H2,1-2H3/b5-3+. The monoisotopic (exact) mass is 152 g/mol. The summed E-state index contributed by atoms with van der Waals surface area (Å²) in [4.78, 5) is 9.88. The molecule has 1 heteroatoms. The van der Waals surface area contributed by atoms with Crippen LogP contribution in [-0.4, -0.2) is 6.29 Å². The van der Waals surface area contributed by atoms with E-state index in [4.69, 9.17) is 0 Å². The summed E-state index contributed by atoms with van der Waals surface area (Å²) in [5.74, 6) is 0. The molecule has 0 aromatic heterocycles. The first-order valence-electron chi connectivity index (χ1n) is 3.99. The van der Waals surface area contributed by atoms with Crippen molar-refractivity contribution in [1.82, 2.24) is 0 Å². The van der Waals surface area contributed by atoms with Crippen molar-refractivity contribution in [2.75, 3.05) is 0 Å². The second kappa shape index (κ2) is 7.26. The van der Waals surface area contributed by atoms with Crippen LogP contribution in [0.3, 0.4) is 0 Å². The Labute approximate surface area is 68.8 Å². The molecule has 0 aromatic rings. The minimum absolute atomic E-state index is 0.550. The van der Waals surface area contributed by atoms with Crippen molar-refractivity contribution >= 4 is 6.29 Å². The van der Waals surface area contributed by atoms with Crippen molar-refractivity contribution in [3.63, 3.8) is 0 Å². The molecule has 0 atom stereocenters. The molecule has 0 aliphatic carbocycles. The number of carbonyl (C=O) groups excluding carboxylic acids is 1. The Balaban J connectivity index is 3.27. The highest BCUT2D eigenvalue weighted by Gasteiger charge is 1.78. The molecular formula is C10H16O. The highest BCUT2D eigenvalue weighted by Crippen LogP contribution is 1.97. The molecule has 0 unspecified atom stereocenters. The van der Waals surface area contributed by atoms with Crippen molar-refractivity contribution in [3.05, 3.63) is 23.8 Å². The van der Waals surface area contributed by atoms with Crippen molar-refractivity contribution in [1.29, 1.82) is 0 Å². The number of aldehydes is 1. The first kappa shape index (κ1) is 10.2. The topological polar surface area (TPSA) is 17.1 Å². The lowest BCUT2D eigenvalue weighted by Crippen LogP contribution is -1.69. The second-order valence-electron chi connectivity index (χ2n) is 2.73. The third kappa shape index (κ3) is 9.15. The molecule has 0 aliphatic heterocycles. The lowest BCUT2D eigenvalue weighted by atomic mass is 10.2. The van der Waals surface area contributed by atoms with Crippen LogP contribution in [0.5, 0.6) is 0 Å². The molecule has 0 amide bonds. The van der Waals surface area contributed by atoms with Crippen LogP contribution in [0.15, 0.2) is 23.8 Å². The quantitative estimate of drug-likeness (QED) is 0.336. The zero-order valence-corrected chi connectivity index (χ0v) is 7.34. The van der Waals surface area contributed by atoms with Gasteiger partial charge in [0.15, 0.2) is 0 Å². The third-order valence-corrected chi connectivity index (χ3v) is 1.28. The third-order valence-electron chi connectivity index (χ3n) is 1.28. The van der Waals surface area contributed by atoms with Crippen LogP contribution in [0, 0.1) is 0 Å². The van der Waals surface area contributed by atoms with Crippen molar-refractivity contribution in [2.24, 2.45) is 0 Å². The minimum atomic E-state index is 0.550. The van der Waals surface area contributed by atoms with Gasteiger partial charge in [-0.2, -0.15) is 0 Å². The minimum Gasteiger partial charge on any atom is -0.303 e. The van der Waals surface area contributed by atoms with Crippen LogP contribution < -0.4 is 0 Å². The van der Waals surface area contributed by atoms with E-state index >= 15 is 0 Å². The van der Waals surface area contributed by atoms with Gasteiger partial charge in [-0.25, -0.2) is 0 Å². The Morgan fingerprint density at radius 1 is 1.18 bits per heavy atom. The zero-order valence-electron chi connectivity index (χ0n) is 7.34. The fraction of sp³-hybridized carbons (Fsp3) is 0.500. The Morgan fingerprint density at radius 3 is 2.45 bits per heavy atom. The predicted molar refractivity (Wildman–Crippen MR) is 48.5 cm³/mol. The van der Waals surface area contributed by atoms with E-state index in [0.717, 1.165) is 19.1 Å². The second-order valence-corrected chi connectivity index (χ2v) is 2.73. The Bertz CT molecular complexity index is 150. The summed E-state index contributed by atoms with van der Waals surface area (Å²) in [7, 11) is 0. The van der Waals surface area contributed by atoms with E-state index in [0.29, 0.717) is 6.42 Å². The number of unbranched alkanes of at least 4 members (excludes halogenated alkanes) is 1. The molecule has 0 aromatic carbocycles. The average molecular weight is 152 g/mol. The molecule has 0 heterocycles. The molecule has 0 bridgehead atoms. The summed E-state index contributed by atoms with van der Waals surface area (Å²) >= 11 is 0. The molecule has 0 N–H and O–H groups in total. The number of hydrogen-bond donors (Lipinski definition) is 0. The van der Waals surface area contributed by atoms with Gasteiger partial charge in [-0.15, -0.1) is 0 Å². The van der Waals surface area contributed by atoms with Crippen molar-refractivity contribution in [2.45, 2.75) is 33.1 Å². The highest BCUT2D eigenvalue weighted by atomic mass is 16.1. The van der Waals surface area contributed by atoms with Gasteiger partial charge in [0.1, 0.15) is 6.29 Å². The molecule has 0 spiro atoms. The van der Waals surface area contributed by atoms with E-state index < -0.39 is 0 Å². The first-order valence-corrected chi connectivity index (χ1v) is 3.99. The van der Waals surface area contributed by atoms with E-state index in [1.807, 2.05) is 12.2 Å². The molecule has 0 saturated heterocycles. The Morgan fingerprint density at radius 2 is 1.91 bits per heavy atom. The SMILES string of the molecule is CC(C)=CCC/C=C/CC=O. The fourth-order valence-electron chi connectivity index (χ4n) is 0.738. The molecule has 1 nitrogen and oxygen atoms in total. The smallest absolute Gasteiger partial charge is 0.123 e. The zero-order chi connectivity index (χ0) is 8.53. The molecule has 0 saturated carbocycles. The number of hydrogen-bond acceptors (Lipinski definition) is 1. The molecular weight excluding hydrogens is 136 g/mol. The van der Waals surface area contributed by atoms with Crippen LogP contribution in [0.25, 0.3) is 0 Å². The lowest BCUT2D eigenvalue weighted by molar-refractivity contribution is -0.107. The van der Waals surface area contributed by atoms with Gasteiger partial charge in [-0.05, 0) is 26.7 Å². The first-order chi connectivity index (χ1) is 5.27. The average Bonchev–Trinajstić information content (AvgIpc) is 1.96. The molecule has 11 heavy (non-hydrogen) atoms. The molecule has 0 rings (SSSR count). The molecule has 0 aliphatic rings. The predicted octanol–water partition coefficient (Wildman–Crippen LogP) is 2.88. The molecule has 62 valence electrons. The largest absolute Gasteiger partial charge is 0.303 e. The van der Waals surface area contributed by atoms with Crippen LogP contribution in [0.1, 0.15) is 33.1 Å². The highest BCUT2D eigenvalue weighted by molar-refractivity contribution is 5.51. The summed E-state index contributed by atoms with van der Waals surface area (Å²) in [5.41, 5.74) is 1.36. The van der Waals surface area contributed by atoms with E-state index in [1.54, 1.807) is 0 Å². The summed E-state index contributed by atoms with van der Waals surface area (Å²) < 4.78 is 0. The van der Waals surface area contributed by atoms with Crippen molar-refractivity contribution in [3.8, 4) is 0 Å². The van der Waals surface area contributed by atoms with Gasteiger partial charge in [0.05, 0.1) is 0 Å². The maximum atomic E-state index is 9.88. The molecule has 0 fully saturated rings. The van der Waals surface area contributed by atoms with Gasteiger partial charge < -0.3 is 4.79 Å². The van der Waals surface area contributed by atoms with Crippen LogP contribution in [0.2, 0.25) is 0 Å². The van der Waals surface area contributed by atoms with E-state index in [1.165, 1.54) is 5.57 Å². The van der Waals surface area contributed by atoms with Crippen molar-refractivity contribution < 1.29 is 4.79 Å². The van der Waals surface area contributed by atoms with Gasteiger partial charge in [0.2, 0.25) is 0 Å². The van der Waals surface area contributed by atoms with Crippen LogP contribution in [-0.2, 0) is 4.79 Å². The van der Waals surface area contributed by atoms with E-state index in [-0.39, 0.29) is 0 Å². The summed E-state index contributed by atoms with van der Waals surface area (Å²) in [6, 6.07) is 0. The van der Waals surface area contributed by atoms with Crippen LogP contribution >= 0.6 is 0 Å². The number of carbonyl (C=O) groups is 1. The van der Waals surface area contributed by atoms with E-state index in [2.05, 4.69) is 19.9 Å². The van der Waals surface area contributed by atoms with Gasteiger partial charge >= 0.3 is 0 Å². The summed E-state index contributed by atoms with van der Waals surface area (Å²) in [5, 5.41) is 0. The normalized spacial score (nSPS) is 10.0. The number of allylic oxidation sites excluding steroid dienone is 4. The summed E-state index contributed by atoms with van der Waals surface area (Å²) in [6.45, 7) is 4.18. The lowest BCUT2D eigenvalue weighted by Gasteiger charge is -1.88. The van der Waals surface area contributed by atoms with Gasteiger partial charge in [-0.3, -0.25) is 0 Å². The van der Waals surface area contributed by atoms with Gasteiger partial charge in [0, 0.05) is 6.42 Å². The van der Waals surface area contributed by atoms with Crippen LogP contribution in [0.4, 0.5) is 0 Å². The summed E-state index contributed by atoms with van der Waals surface area (Å²) in [6.07, 6.45) is 9.74. The fourth-order valence-corrected chi connectivity index (χ4v) is 0.738. The molecule has 0 radical (unpaired) electrons. The van der Waals surface area contributed by atoms with E-state index in [9.17, 15) is 4.79 Å². The van der Waals surface area contributed by atoms with Gasteiger partial charge in [-0.1, -0.05) is 23.8 Å². The Kier molecular flexibility index (Phi) is 6.70. The van der Waals surface area contributed by atoms with Gasteiger partial charge in [0.25, 0.3) is 0 Å². The maximum absolute atomic E-state index is 9.88. The Hall–Kier alpha value is -0.850. The number of rotatable bonds is 5. The maximum Gasteiger partial charge on any atom is 0.123 e.